The lowest BCUT2D eigenvalue weighted by atomic mass is 9.94. The topological polar surface area (TPSA) is 0 Å². The highest BCUT2D eigenvalue weighted by Gasteiger charge is 2.29. The minimum atomic E-state index is 0. The van der Waals surface area contributed by atoms with Crippen molar-refractivity contribution in [2.75, 3.05) is 26.2 Å². The molecule has 0 aromatic rings. The zero-order valence-corrected chi connectivity index (χ0v) is 18.0. The Kier molecular flexibility index (Phi) is 16.2. The van der Waals surface area contributed by atoms with Crippen LogP contribution in [0.5, 0.6) is 0 Å². The minimum absolute atomic E-state index is 0. The molecule has 0 saturated heterocycles. The van der Waals surface area contributed by atoms with E-state index in [-0.39, 0.29) is 12.4 Å². The van der Waals surface area contributed by atoms with E-state index in [1.165, 1.54) is 94.9 Å². The maximum absolute atomic E-state index is 2.39. The van der Waals surface area contributed by atoms with Crippen molar-refractivity contribution >= 4 is 0 Å². The van der Waals surface area contributed by atoms with Gasteiger partial charge in [0.25, 0.3) is 0 Å². The molecule has 0 N–H and O–H groups in total. The van der Waals surface area contributed by atoms with E-state index in [1.54, 1.807) is 0 Å². The van der Waals surface area contributed by atoms with Gasteiger partial charge >= 0.3 is 0 Å². The van der Waals surface area contributed by atoms with Crippen molar-refractivity contribution in [3.63, 3.8) is 0 Å². The van der Waals surface area contributed by atoms with Crippen LogP contribution in [0.3, 0.4) is 0 Å². The summed E-state index contributed by atoms with van der Waals surface area (Å²) in [6, 6.07) is 0. The summed E-state index contributed by atoms with van der Waals surface area (Å²) in [6.45, 7) is 19.5. The molecule has 0 aliphatic carbocycles. The Labute approximate surface area is 154 Å². The Hall–Kier alpha value is 0.250. The lowest BCUT2D eigenvalue weighted by Crippen LogP contribution is -3.00. The first kappa shape index (κ1) is 25.5. The number of hydrogen-bond donors (Lipinski definition) is 0. The summed E-state index contributed by atoms with van der Waals surface area (Å²) in [6.07, 6.45) is 14.4. The Bertz CT molecular complexity index is 241. The third kappa shape index (κ3) is 14.3. The second-order valence-electron chi connectivity index (χ2n) is 8.60. The molecule has 0 atom stereocenters. The lowest BCUT2D eigenvalue weighted by molar-refractivity contribution is -0.930. The molecule has 0 aromatic heterocycles. The molecule has 0 fully saturated rings. The molecule has 0 heterocycles. The average Bonchev–Trinajstić information content (AvgIpc) is 2.46. The van der Waals surface area contributed by atoms with Gasteiger partial charge in [-0.1, -0.05) is 79.1 Å². The van der Waals surface area contributed by atoms with Crippen molar-refractivity contribution in [3.8, 4) is 0 Å². The highest BCUT2D eigenvalue weighted by atomic mass is 35.5. The van der Waals surface area contributed by atoms with E-state index in [2.05, 4.69) is 41.5 Å². The predicted octanol–water partition coefficient (Wildman–Crippen LogP) is 3.81. The molecule has 0 radical (unpaired) electrons. The van der Waals surface area contributed by atoms with Crippen LogP contribution in [0.15, 0.2) is 0 Å². The third-order valence-corrected chi connectivity index (χ3v) is 5.14. The van der Waals surface area contributed by atoms with Crippen molar-refractivity contribution in [1.29, 1.82) is 0 Å². The summed E-state index contributed by atoms with van der Waals surface area (Å²) < 4.78 is 1.32. The van der Waals surface area contributed by atoms with Gasteiger partial charge < -0.3 is 16.9 Å². The van der Waals surface area contributed by atoms with Crippen LogP contribution < -0.4 is 12.4 Å². The molecule has 1 nitrogen and oxygen atoms in total. The number of halogens is 1. The Morgan fingerprint density at radius 1 is 0.609 bits per heavy atom. The highest BCUT2D eigenvalue weighted by molar-refractivity contribution is 4.61. The van der Waals surface area contributed by atoms with E-state index in [4.69, 9.17) is 0 Å². The molecule has 0 saturated carbocycles. The number of rotatable bonds is 14. The van der Waals surface area contributed by atoms with E-state index >= 15 is 0 Å². The maximum atomic E-state index is 2.39. The van der Waals surface area contributed by atoms with Crippen LogP contribution in [0.25, 0.3) is 0 Å². The van der Waals surface area contributed by atoms with Gasteiger partial charge in [0.05, 0.1) is 26.2 Å². The average molecular weight is 348 g/mol. The monoisotopic (exact) mass is 347 g/mol. The van der Waals surface area contributed by atoms with Crippen LogP contribution >= 0.6 is 0 Å². The van der Waals surface area contributed by atoms with Crippen molar-refractivity contribution in [2.45, 2.75) is 106 Å². The third-order valence-electron chi connectivity index (χ3n) is 5.14. The van der Waals surface area contributed by atoms with Crippen molar-refractivity contribution in [2.24, 2.45) is 5.41 Å². The smallest absolute Gasteiger partial charge is 0.0835 e. The standard InChI is InChI=1S/C21H46N.ClH/c1-7-10-11-12-13-14-15-16-17-18-19-22(8-2,9-3)20-21(4,5)6;/h7-20H2,1-6H3;1H/q+1;/p-1. The molecule has 142 valence electrons. The van der Waals surface area contributed by atoms with Gasteiger partial charge in [-0.3, -0.25) is 0 Å². The summed E-state index contributed by atoms with van der Waals surface area (Å²) >= 11 is 0. The normalized spacial score (nSPS) is 12.3. The van der Waals surface area contributed by atoms with Crippen LogP contribution in [0, 0.1) is 5.41 Å². The fourth-order valence-corrected chi connectivity index (χ4v) is 3.78. The maximum Gasteiger partial charge on any atom is 0.0835 e. The van der Waals surface area contributed by atoms with Crippen molar-refractivity contribution < 1.29 is 16.9 Å². The molecule has 0 aliphatic heterocycles. The van der Waals surface area contributed by atoms with E-state index < -0.39 is 0 Å². The first-order valence-electron chi connectivity index (χ1n) is 10.2. The molecule has 0 rings (SSSR count). The SMILES string of the molecule is CCCCCCCCCCCC[N+](CC)(CC)CC(C)(C)C.[Cl-]. The molecule has 0 aliphatic rings. The van der Waals surface area contributed by atoms with Gasteiger partial charge in [-0.05, 0) is 26.7 Å². The van der Waals surface area contributed by atoms with Crippen LogP contribution in [-0.4, -0.2) is 30.7 Å². The van der Waals surface area contributed by atoms with Gasteiger partial charge in [-0.25, -0.2) is 0 Å². The van der Waals surface area contributed by atoms with Crippen LogP contribution in [0.2, 0.25) is 0 Å². The molecule has 0 aromatic carbocycles. The summed E-state index contributed by atoms with van der Waals surface area (Å²) in [5, 5.41) is 0. The molecule has 0 bridgehead atoms. The Morgan fingerprint density at radius 2 is 1.00 bits per heavy atom. The van der Waals surface area contributed by atoms with Gasteiger partial charge in [-0.15, -0.1) is 0 Å². The van der Waals surface area contributed by atoms with Crippen molar-refractivity contribution in [3.05, 3.63) is 0 Å². The van der Waals surface area contributed by atoms with Crippen molar-refractivity contribution in [1.82, 2.24) is 0 Å². The fraction of sp³-hybridized carbons (Fsp3) is 1.00. The minimum Gasteiger partial charge on any atom is -1.00 e. The van der Waals surface area contributed by atoms with Crippen LogP contribution in [-0.2, 0) is 0 Å². The van der Waals surface area contributed by atoms with Gasteiger partial charge in [0, 0.05) is 5.41 Å². The summed E-state index contributed by atoms with van der Waals surface area (Å²) in [5.74, 6) is 0. The lowest BCUT2D eigenvalue weighted by Gasteiger charge is -2.41. The second kappa shape index (κ2) is 14.6. The summed E-state index contributed by atoms with van der Waals surface area (Å²) in [5.41, 5.74) is 0.449. The zero-order valence-electron chi connectivity index (χ0n) is 17.2. The quantitative estimate of drug-likeness (QED) is 0.331. The zero-order chi connectivity index (χ0) is 16.9. The molecular formula is C21H46ClN. The number of quaternary nitrogens is 1. The molecule has 0 unspecified atom stereocenters. The first-order valence-corrected chi connectivity index (χ1v) is 10.2. The van der Waals surface area contributed by atoms with Gasteiger partial charge in [0.1, 0.15) is 0 Å². The summed E-state index contributed by atoms with van der Waals surface area (Å²) in [7, 11) is 0. The fourth-order valence-electron chi connectivity index (χ4n) is 3.78. The van der Waals surface area contributed by atoms with E-state index in [9.17, 15) is 0 Å². The van der Waals surface area contributed by atoms with Gasteiger partial charge in [0.2, 0.25) is 0 Å². The predicted molar refractivity (Wildman–Crippen MR) is 102 cm³/mol. The van der Waals surface area contributed by atoms with Gasteiger partial charge in [0.15, 0.2) is 0 Å². The van der Waals surface area contributed by atoms with Crippen LogP contribution in [0.1, 0.15) is 106 Å². The highest BCUT2D eigenvalue weighted by Crippen LogP contribution is 2.22. The summed E-state index contributed by atoms with van der Waals surface area (Å²) in [4.78, 5) is 0. The van der Waals surface area contributed by atoms with E-state index in [1.807, 2.05) is 0 Å². The van der Waals surface area contributed by atoms with Gasteiger partial charge in [-0.2, -0.15) is 0 Å². The number of unbranched alkanes of at least 4 members (excludes halogenated alkanes) is 9. The number of hydrogen-bond acceptors (Lipinski definition) is 0. The van der Waals surface area contributed by atoms with Crippen LogP contribution in [0.4, 0.5) is 0 Å². The largest absolute Gasteiger partial charge is 1.00 e. The van der Waals surface area contributed by atoms with E-state index in [0.717, 1.165) is 0 Å². The number of nitrogens with zero attached hydrogens (tertiary/aromatic N) is 1. The Morgan fingerprint density at radius 3 is 1.35 bits per heavy atom. The molecular weight excluding hydrogens is 302 g/mol. The molecule has 23 heavy (non-hydrogen) atoms. The first-order chi connectivity index (χ1) is 10.4. The van der Waals surface area contributed by atoms with E-state index in [0.29, 0.717) is 5.41 Å². The molecule has 0 amide bonds. The molecule has 0 spiro atoms. The Balaban J connectivity index is 0. The second-order valence-corrected chi connectivity index (χ2v) is 8.60. The molecule has 2 heteroatoms.